The van der Waals surface area contributed by atoms with E-state index in [9.17, 15) is 19.7 Å². The minimum Gasteiger partial charge on any atom is -0.322 e. The lowest BCUT2D eigenvalue weighted by Crippen LogP contribution is -2.13. The highest BCUT2D eigenvalue weighted by atomic mass is 79.9. The first-order valence-corrected chi connectivity index (χ1v) is 12.8. The summed E-state index contributed by atoms with van der Waals surface area (Å²) in [7, 11) is 0. The Labute approximate surface area is 217 Å². The van der Waals surface area contributed by atoms with Gasteiger partial charge in [0.15, 0.2) is 5.13 Å². The SMILES string of the molecule is O=C(CSc1ccc(NC(=O)c2cccc([N+](=O)[O-])c2)cc1)Nc1nc(-c2ccc(Br)cc2)cs1. The van der Waals surface area contributed by atoms with Gasteiger partial charge in [0.1, 0.15) is 0 Å². The number of hydrogen-bond donors (Lipinski definition) is 2. The van der Waals surface area contributed by atoms with Crippen LogP contribution in [0.15, 0.2) is 87.5 Å². The summed E-state index contributed by atoms with van der Waals surface area (Å²) < 4.78 is 0.986. The zero-order valence-corrected chi connectivity index (χ0v) is 21.2. The zero-order valence-electron chi connectivity index (χ0n) is 17.9. The molecule has 8 nitrogen and oxygen atoms in total. The highest BCUT2D eigenvalue weighted by Gasteiger charge is 2.12. The fraction of sp³-hybridized carbons (Fsp3) is 0.0417. The van der Waals surface area contributed by atoms with Gasteiger partial charge in [-0.2, -0.15) is 0 Å². The molecule has 0 aliphatic heterocycles. The number of thioether (sulfide) groups is 1. The second-order valence-corrected chi connectivity index (χ2v) is 9.99. The van der Waals surface area contributed by atoms with Gasteiger partial charge >= 0.3 is 0 Å². The lowest BCUT2D eigenvalue weighted by molar-refractivity contribution is -0.384. The molecule has 0 unspecified atom stereocenters. The van der Waals surface area contributed by atoms with Crippen LogP contribution in [0.3, 0.4) is 0 Å². The van der Waals surface area contributed by atoms with Crippen LogP contribution in [0, 0.1) is 10.1 Å². The van der Waals surface area contributed by atoms with Gasteiger partial charge in [0, 0.05) is 43.7 Å². The van der Waals surface area contributed by atoms with E-state index in [1.807, 2.05) is 29.6 Å². The molecule has 4 rings (SSSR count). The molecule has 2 N–H and O–H groups in total. The van der Waals surface area contributed by atoms with Crippen LogP contribution in [-0.4, -0.2) is 27.5 Å². The highest BCUT2D eigenvalue weighted by Crippen LogP contribution is 2.27. The van der Waals surface area contributed by atoms with Gasteiger partial charge in [-0.3, -0.25) is 19.7 Å². The Hall–Kier alpha value is -3.54. The number of amides is 2. The van der Waals surface area contributed by atoms with Crippen molar-refractivity contribution in [3.05, 3.63) is 98.3 Å². The second kappa shape index (κ2) is 11.3. The van der Waals surface area contributed by atoms with Crippen LogP contribution < -0.4 is 10.6 Å². The maximum atomic E-state index is 12.4. The van der Waals surface area contributed by atoms with Crippen molar-refractivity contribution in [2.75, 3.05) is 16.4 Å². The first kappa shape index (κ1) is 24.6. The minimum absolute atomic E-state index is 0.148. The van der Waals surface area contributed by atoms with Crippen LogP contribution in [-0.2, 0) is 4.79 Å². The maximum Gasteiger partial charge on any atom is 0.270 e. The van der Waals surface area contributed by atoms with Crippen molar-refractivity contribution >= 4 is 67.3 Å². The van der Waals surface area contributed by atoms with Gasteiger partial charge < -0.3 is 10.6 Å². The normalized spacial score (nSPS) is 10.5. The number of non-ortho nitro benzene ring substituents is 1. The molecule has 1 aromatic heterocycles. The molecule has 0 radical (unpaired) electrons. The van der Waals surface area contributed by atoms with Crippen LogP contribution >= 0.6 is 39.0 Å². The molecule has 0 fully saturated rings. The van der Waals surface area contributed by atoms with Crippen molar-refractivity contribution in [2.45, 2.75) is 4.90 Å². The van der Waals surface area contributed by atoms with Gasteiger partial charge in [-0.05, 0) is 42.5 Å². The molecule has 0 bridgehead atoms. The predicted octanol–water partition coefficient (Wildman–Crippen LogP) is 6.46. The number of nitrogens with zero attached hydrogens (tertiary/aromatic N) is 2. The maximum absolute atomic E-state index is 12.4. The van der Waals surface area contributed by atoms with Crippen LogP contribution in [0.1, 0.15) is 10.4 Å². The van der Waals surface area contributed by atoms with Gasteiger partial charge in [-0.15, -0.1) is 23.1 Å². The average Bonchev–Trinajstić information content (AvgIpc) is 3.32. The Morgan fingerprint density at radius 1 is 1.03 bits per heavy atom. The Balaban J connectivity index is 1.28. The Bertz CT molecular complexity index is 1380. The first-order chi connectivity index (χ1) is 16.9. The fourth-order valence-electron chi connectivity index (χ4n) is 2.99. The summed E-state index contributed by atoms with van der Waals surface area (Å²) in [6, 6.07) is 20.3. The van der Waals surface area contributed by atoms with Crippen LogP contribution in [0.4, 0.5) is 16.5 Å². The standard InChI is InChI=1S/C24H17BrN4O4S2/c25-17-6-4-15(5-7-17)21-13-35-24(27-21)28-22(30)14-34-20-10-8-18(9-11-20)26-23(31)16-2-1-3-19(12-16)29(32)33/h1-13H,14H2,(H,26,31)(H,27,28,30). The number of nitro benzene ring substituents is 1. The molecule has 35 heavy (non-hydrogen) atoms. The summed E-state index contributed by atoms with van der Waals surface area (Å²) in [6.45, 7) is 0. The number of nitrogens with one attached hydrogen (secondary N) is 2. The molecule has 11 heteroatoms. The third-order valence-electron chi connectivity index (χ3n) is 4.69. The third kappa shape index (κ3) is 6.75. The first-order valence-electron chi connectivity index (χ1n) is 10.2. The monoisotopic (exact) mass is 568 g/mol. The van der Waals surface area contributed by atoms with Crippen molar-refractivity contribution in [1.29, 1.82) is 0 Å². The number of thiazole rings is 1. The minimum atomic E-state index is -0.547. The molecular weight excluding hydrogens is 552 g/mol. The van der Waals surface area contributed by atoms with Crippen molar-refractivity contribution < 1.29 is 14.5 Å². The summed E-state index contributed by atoms with van der Waals surface area (Å²) in [5.41, 5.74) is 2.36. The number of rotatable bonds is 8. The van der Waals surface area contributed by atoms with Gasteiger partial charge in [-0.1, -0.05) is 34.1 Å². The van der Waals surface area contributed by atoms with Gasteiger partial charge in [-0.25, -0.2) is 4.98 Å². The van der Waals surface area contributed by atoms with E-state index >= 15 is 0 Å². The van der Waals surface area contributed by atoms with E-state index in [2.05, 4.69) is 31.5 Å². The summed E-state index contributed by atoms with van der Waals surface area (Å²) in [6.07, 6.45) is 0. The quantitative estimate of drug-likeness (QED) is 0.143. The molecule has 0 aliphatic carbocycles. The van der Waals surface area contributed by atoms with Gasteiger partial charge in [0.25, 0.3) is 11.6 Å². The molecule has 3 aromatic carbocycles. The smallest absolute Gasteiger partial charge is 0.270 e. The molecule has 4 aromatic rings. The molecule has 0 saturated carbocycles. The number of carbonyl (C=O) groups is 2. The van der Waals surface area contributed by atoms with Crippen LogP contribution in [0.2, 0.25) is 0 Å². The molecule has 0 saturated heterocycles. The average molecular weight is 569 g/mol. The Morgan fingerprint density at radius 3 is 2.49 bits per heavy atom. The number of anilines is 2. The molecule has 0 atom stereocenters. The zero-order chi connectivity index (χ0) is 24.8. The molecular formula is C24H17BrN4O4S2. The predicted molar refractivity (Wildman–Crippen MR) is 142 cm³/mol. The molecule has 176 valence electrons. The van der Waals surface area contributed by atoms with Crippen molar-refractivity contribution in [3.8, 4) is 11.3 Å². The summed E-state index contributed by atoms with van der Waals surface area (Å²) in [4.78, 5) is 40.4. The fourth-order valence-corrected chi connectivity index (χ4v) is 4.69. The number of carbonyl (C=O) groups excluding carboxylic acids is 2. The van der Waals surface area contributed by atoms with E-state index in [-0.39, 0.29) is 22.9 Å². The second-order valence-electron chi connectivity index (χ2n) is 7.17. The van der Waals surface area contributed by atoms with E-state index in [1.54, 1.807) is 24.3 Å². The van der Waals surface area contributed by atoms with E-state index in [0.29, 0.717) is 10.8 Å². The molecule has 0 spiro atoms. The van der Waals surface area contributed by atoms with Crippen molar-refractivity contribution in [2.24, 2.45) is 0 Å². The Kier molecular flexibility index (Phi) is 7.91. The summed E-state index contributed by atoms with van der Waals surface area (Å²) in [5.74, 6) is -0.416. The van der Waals surface area contributed by atoms with E-state index in [1.165, 1.54) is 47.4 Å². The van der Waals surface area contributed by atoms with E-state index in [4.69, 9.17) is 0 Å². The number of nitro groups is 1. The van der Waals surface area contributed by atoms with Crippen molar-refractivity contribution in [1.82, 2.24) is 4.98 Å². The topological polar surface area (TPSA) is 114 Å². The number of hydrogen-bond acceptors (Lipinski definition) is 7. The Morgan fingerprint density at radius 2 is 1.77 bits per heavy atom. The number of benzene rings is 3. The van der Waals surface area contributed by atoms with Crippen molar-refractivity contribution in [3.63, 3.8) is 0 Å². The molecule has 1 heterocycles. The van der Waals surface area contributed by atoms with Gasteiger partial charge in [0.2, 0.25) is 5.91 Å². The molecule has 0 aliphatic rings. The van der Waals surface area contributed by atoms with Crippen LogP contribution in [0.25, 0.3) is 11.3 Å². The van der Waals surface area contributed by atoms with E-state index < -0.39 is 10.8 Å². The third-order valence-corrected chi connectivity index (χ3v) is 6.99. The lowest BCUT2D eigenvalue weighted by Gasteiger charge is -2.07. The summed E-state index contributed by atoms with van der Waals surface area (Å²) in [5, 5.41) is 18.8. The lowest BCUT2D eigenvalue weighted by atomic mass is 10.2. The summed E-state index contributed by atoms with van der Waals surface area (Å²) >= 11 is 6.13. The molecule has 2 amide bonds. The highest BCUT2D eigenvalue weighted by molar-refractivity contribution is 9.10. The van der Waals surface area contributed by atoms with Crippen LogP contribution in [0.5, 0.6) is 0 Å². The number of halogens is 1. The number of aromatic nitrogens is 1. The van der Waals surface area contributed by atoms with E-state index in [0.717, 1.165) is 20.6 Å². The van der Waals surface area contributed by atoms with Gasteiger partial charge in [0.05, 0.1) is 16.4 Å². The largest absolute Gasteiger partial charge is 0.322 e.